The molecule has 2 rings (SSSR count). The van der Waals surface area contributed by atoms with Gasteiger partial charge in [-0.2, -0.15) is 22.6 Å². The van der Waals surface area contributed by atoms with E-state index in [0.717, 1.165) is 8.99 Å². The Balaban J connectivity index is 2.40. The number of rotatable bonds is 2. The Hall–Kier alpha value is -0.800. The lowest BCUT2D eigenvalue weighted by Crippen LogP contribution is -2.26. The van der Waals surface area contributed by atoms with Crippen LogP contribution in [0, 0.1) is 0 Å². The van der Waals surface area contributed by atoms with E-state index >= 15 is 0 Å². The number of nitrogens with zero attached hydrogens (tertiary/aromatic N) is 3. The molecule has 1 fully saturated rings. The second kappa shape index (κ2) is 4.64. The lowest BCUT2D eigenvalue weighted by atomic mass is 10.2. The molecule has 0 amide bonds. The van der Waals surface area contributed by atoms with Crippen molar-refractivity contribution in [1.82, 2.24) is 14.1 Å². The zero-order valence-corrected chi connectivity index (χ0v) is 11.5. The summed E-state index contributed by atoms with van der Waals surface area (Å²) in [5, 5.41) is 3.11. The molecule has 0 radical (unpaired) electrons. The van der Waals surface area contributed by atoms with Crippen LogP contribution in [0.25, 0.3) is 0 Å². The van der Waals surface area contributed by atoms with E-state index in [9.17, 15) is 21.6 Å². The standard InChI is InChI=1S/C9H11ClF3N3O2S/c1-15-8(10)6(7(14-15)9(11,12)13)5-16-3-2-4-19(16,17)18/h2-5H2,1H3. The van der Waals surface area contributed by atoms with Gasteiger partial charge in [-0.25, -0.2) is 8.42 Å². The van der Waals surface area contributed by atoms with Crippen molar-refractivity contribution in [1.29, 1.82) is 0 Å². The van der Waals surface area contributed by atoms with Crippen LogP contribution < -0.4 is 0 Å². The second-order valence-corrected chi connectivity index (χ2v) is 6.69. The Morgan fingerprint density at radius 2 is 2.05 bits per heavy atom. The van der Waals surface area contributed by atoms with E-state index in [2.05, 4.69) is 5.10 Å². The first kappa shape index (κ1) is 14.6. The van der Waals surface area contributed by atoms with Crippen LogP contribution >= 0.6 is 11.6 Å². The molecule has 10 heteroatoms. The monoisotopic (exact) mass is 317 g/mol. The van der Waals surface area contributed by atoms with Crippen molar-refractivity contribution in [3.05, 3.63) is 16.4 Å². The molecule has 1 aromatic rings. The van der Waals surface area contributed by atoms with Crippen LogP contribution in [0.3, 0.4) is 0 Å². The SMILES string of the molecule is Cn1nc(C(F)(F)F)c(CN2CCCS2(=O)=O)c1Cl. The van der Waals surface area contributed by atoms with E-state index in [0.29, 0.717) is 6.42 Å². The molecule has 1 saturated heterocycles. The van der Waals surface area contributed by atoms with Crippen molar-refractivity contribution in [2.45, 2.75) is 19.1 Å². The summed E-state index contributed by atoms with van der Waals surface area (Å²) in [5.74, 6) is -0.0494. The van der Waals surface area contributed by atoms with Gasteiger partial charge in [-0.1, -0.05) is 11.6 Å². The predicted molar refractivity (Wildman–Crippen MR) is 62.0 cm³/mol. The highest BCUT2D eigenvalue weighted by atomic mass is 35.5. The van der Waals surface area contributed by atoms with E-state index in [1.54, 1.807) is 0 Å². The van der Waals surface area contributed by atoms with Gasteiger partial charge < -0.3 is 0 Å². The fourth-order valence-corrected chi connectivity index (χ4v) is 3.63. The van der Waals surface area contributed by atoms with Gasteiger partial charge in [0.1, 0.15) is 5.15 Å². The van der Waals surface area contributed by atoms with Crippen molar-refractivity contribution in [3.63, 3.8) is 0 Å². The normalized spacial score (nSPS) is 20.1. The van der Waals surface area contributed by atoms with Gasteiger partial charge >= 0.3 is 6.18 Å². The number of hydrogen-bond acceptors (Lipinski definition) is 3. The summed E-state index contributed by atoms with van der Waals surface area (Å²) in [6, 6.07) is 0. The quantitative estimate of drug-likeness (QED) is 0.833. The largest absolute Gasteiger partial charge is 0.435 e. The Labute approximate surface area is 113 Å². The highest BCUT2D eigenvalue weighted by Crippen LogP contribution is 2.35. The van der Waals surface area contributed by atoms with Crippen molar-refractivity contribution >= 4 is 21.6 Å². The van der Waals surface area contributed by atoms with Gasteiger partial charge in [-0.05, 0) is 6.42 Å². The molecule has 5 nitrogen and oxygen atoms in total. The van der Waals surface area contributed by atoms with E-state index in [1.807, 2.05) is 0 Å². The van der Waals surface area contributed by atoms with Crippen molar-refractivity contribution in [2.24, 2.45) is 7.05 Å². The lowest BCUT2D eigenvalue weighted by Gasteiger charge is -2.15. The van der Waals surface area contributed by atoms with Crippen LogP contribution in [0.4, 0.5) is 13.2 Å². The van der Waals surface area contributed by atoms with E-state index in [4.69, 9.17) is 11.6 Å². The fraction of sp³-hybridized carbons (Fsp3) is 0.667. The lowest BCUT2D eigenvalue weighted by molar-refractivity contribution is -0.142. The van der Waals surface area contributed by atoms with E-state index in [1.165, 1.54) is 7.05 Å². The van der Waals surface area contributed by atoms with Gasteiger partial charge in [0.2, 0.25) is 10.0 Å². The summed E-state index contributed by atoms with van der Waals surface area (Å²) < 4.78 is 63.6. The fourth-order valence-electron chi connectivity index (χ4n) is 1.96. The van der Waals surface area contributed by atoms with Crippen LogP contribution in [-0.4, -0.2) is 34.8 Å². The molecule has 0 aliphatic carbocycles. The molecule has 0 spiro atoms. The summed E-state index contributed by atoms with van der Waals surface area (Å²) in [7, 11) is -2.21. The van der Waals surface area contributed by atoms with Crippen molar-refractivity contribution in [2.75, 3.05) is 12.3 Å². The summed E-state index contributed by atoms with van der Waals surface area (Å²) in [5.41, 5.74) is -1.44. The number of aryl methyl sites for hydroxylation is 1. The molecule has 1 aliphatic rings. The molecule has 1 aliphatic heterocycles. The number of sulfonamides is 1. The summed E-state index contributed by atoms with van der Waals surface area (Å²) in [6.45, 7) is -0.200. The van der Waals surface area contributed by atoms with Crippen LogP contribution in [-0.2, 0) is 29.8 Å². The molecular weight excluding hydrogens is 307 g/mol. The summed E-state index contributed by atoms with van der Waals surface area (Å²) >= 11 is 5.77. The maximum atomic E-state index is 12.8. The number of alkyl halides is 3. The molecule has 0 bridgehead atoms. The number of hydrogen-bond donors (Lipinski definition) is 0. The molecule has 0 aromatic carbocycles. The van der Waals surface area contributed by atoms with Gasteiger partial charge in [0.25, 0.3) is 0 Å². The first-order chi connectivity index (χ1) is 8.63. The zero-order valence-electron chi connectivity index (χ0n) is 9.91. The van der Waals surface area contributed by atoms with Crippen LogP contribution in [0.2, 0.25) is 5.15 Å². The van der Waals surface area contributed by atoms with Gasteiger partial charge in [-0.15, -0.1) is 0 Å². The van der Waals surface area contributed by atoms with Crippen LogP contribution in [0.5, 0.6) is 0 Å². The van der Waals surface area contributed by atoms with Crippen LogP contribution in [0.1, 0.15) is 17.7 Å². The molecule has 0 atom stereocenters. The van der Waals surface area contributed by atoms with Crippen LogP contribution in [0.15, 0.2) is 0 Å². The molecule has 1 aromatic heterocycles. The minimum atomic E-state index is -4.66. The molecule has 2 heterocycles. The Morgan fingerprint density at radius 1 is 1.42 bits per heavy atom. The second-order valence-electron chi connectivity index (χ2n) is 4.24. The van der Waals surface area contributed by atoms with Gasteiger partial charge in [0, 0.05) is 25.7 Å². The third-order valence-corrected chi connectivity index (χ3v) is 5.25. The molecular formula is C9H11ClF3N3O2S. The first-order valence-corrected chi connectivity index (χ1v) is 7.38. The maximum absolute atomic E-state index is 12.8. The summed E-state index contributed by atoms with van der Waals surface area (Å²) in [4.78, 5) is 0. The third kappa shape index (κ3) is 2.72. The first-order valence-electron chi connectivity index (χ1n) is 5.39. The van der Waals surface area contributed by atoms with Gasteiger partial charge in [-0.3, -0.25) is 4.68 Å². The smallest absolute Gasteiger partial charge is 0.256 e. The number of halogens is 4. The van der Waals surface area contributed by atoms with Crippen molar-refractivity contribution in [3.8, 4) is 0 Å². The maximum Gasteiger partial charge on any atom is 0.435 e. The van der Waals surface area contributed by atoms with E-state index < -0.39 is 28.4 Å². The van der Waals surface area contributed by atoms with E-state index in [-0.39, 0.29) is 23.0 Å². The molecule has 0 saturated carbocycles. The predicted octanol–water partition coefficient (Wildman–Crippen LogP) is 1.63. The highest BCUT2D eigenvalue weighted by molar-refractivity contribution is 7.89. The Kier molecular flexibility index (Phi) is 3.56. The number of aromatic nitrogens is 2. The average Bonchev–Trinajstić information content (AvgIpc) is 2.73. The Bertz CT molecular complexity index is 597. The molecule has 0 unspecified atom stereocenters. The minimum absolute atomic E-state index is 0.0494. The van der Waals surface area contributed by atoms with Crippen molar-refractivity contribution < 1.29 is 21.6 Å². The third-order valence-electron chi connectivity index (χ3n) is 2.88. The molecule has 0 N–H and O–H groups in total. The molecule has 19 heavy (non-hydrogen) atoms. The zero-order chi connectivity index (χ0) is 14.4. The average molecular weight is 318 g/mol. The summed E-state index contributed by atoms with van der Waals surface area (Å²) in [6.07, 6.45) is -4.26. The van der Waals surface area contributed by atoms with Gasteiger partial charge in [0.05, 0.1) is 5.75 Å². The van der Waals surface area contributed by atoms with Gasteiger partial charge in [0.15, 0.2) is 5.69 Å². The Morgan fingerprint density at radius 3 is 2.53 bits per heavy atom. The topological polar surface area (TPSA) is 55.2 Å². The molecule has 108 valence electrons. The highest BCUT2D eigenvalue weighted by Gasteiger charge is 2.40. The minimum Gasteiger partial charge on any atom is -0.256 e.